The molecule has 0 saturated carbocycles. The number of benzene rings is 1. The van der Waals surface area contributed by atoms with Gasteiger partial charge in [-0.1, -0.05) is 18.6 Å². The Balaban J connectivity index is 1.36. The second-order valence-corrected chi connectivity index (χ2v) is 8.47. The van der Waals surface area contributed by atoms with Crippen LogP contribution >= 0.6 is 0 Å². The second-order valence-electron chi connectivity index (χ2n) is 8.47. The summed E-state index contributed by atoms with van der Waals surface area (Å²) in [5.74, 6) is 1.87. The lowest BCUT2D eigenvalue weighted by molar-refractivity contribution is 0.122. The molecule has 2 aromatic rings. The van der Waals surface area contributed by atoms with Gasteiger partial charge < -0.3 is 24.7 Å². The van der Waals surface area contributed by atoms with E-state index in [-0.39, 0.29) is 6.04 Å². The molecule has 174 valence electrons. The van der Waals surface area contributed by atoms with Crippen molar-refractivity contribution in [3.8, 4) is 0 Å². The SMILES string of the molecule is CCNC(=NCc1ccc(N2CCOCC2)cc1)NCC(c1ccco1)N1CCCCC1. The molecule has 1 aromatic carbocycles. The van der Waals surface area contributed by atoms with Crippen LogP contribution in [-0.2, 0) is 11.3 Å². The van der Waals surface area contributed by atoms with Crippen molar-refractivity contribution in [1.82, 2.24) is 15.5 Å². The van der Waals surface area contributed by atoms with Crippen molar-refractivity contribution < 1.29 is 9.15 Å². The zero-order valence-electron chi connectivity index (χ0n) is 19.3. The maximum Gasteiger partial charge on any atom is 0.191 e. The van der Waals surface area contributed by atoms with Gasteiger partial charge in [-0.05, 0) is 62.7 Å². The van der Waals surface area contributed by atoms with Gasteiger partial charge in [-0.25, -0.2) is 4.99 Å². The monoisotopic (exact) mass is 439 g/mol. The van der Waals surface area contributed by atoms with Crippen LogP contribution in [0.4, 0.5) is 5.69 Å². The lowest BCUT2D eigenvalue weighted by atomic mass is 10.1. The van der Waals surface area contributed by atoms with Crippen molar-refractivity contribution in [1.29, 1.82) is 0 Å². The van der Waals surface area contributed by atoms with Crippen molar-refractivity contribution in [3.05, 3.63) is 54.0 Å². The minimum Gasteiger partial charge on any atom is -0.468 e. The van der Waals surface area contributed by atoms with Crippen LogP contribution in [0.5, 0.6) is 0 Å². The minimum absolute atomic E-state index is 0.224. The van der Waals surface area contributed by atoms with Crippen molar-refractivity contribution in [2.75, 3.05) is 57.4 Å². The number of hydrogen-bond donors (Lipinski definition) is 2. The Bertz CT molecular complexity index is 809. The van der Waals surface area contributed by atoms with E-state index in [0.717, 1.165) is 64.2 Å². The van der Waals surface area contributed by atoms with Crippen molar-refractivity contribution in [2.45, 2.75) is 38.8 Å². The van der Waals surface area contributed by atoms with E-state index in [2.05, 4.69) is 57.7 Å². The Morgan fingerprint density at radius 2 is 1.78 bits per heavy atom. The van der Waals surface area contributed by atoms with E-state index in [1.54, 1.807) is 6.26 Å². The second kappa shape index (κ2) is 11.9. The van der Waals surface area contributed by atoms with E-state index in [4.69, 9.17) is 14.1 Å². The van der Waals surface area contributed by atoms with E-state index >= 15 is 0 Å². The topological polar surface area (TPSA) is 65.3 Å². The van der Waals surface area contributed by atoms with Gasteiger partial charge in [-0.3, -0.25) is 4.90 Å². The highest BCUT2D eigenvalue weighted by molar-refractivity contribution is 5.79. The Morgan fingerprint density at radius 1 is 1.00 bits per heavy atom. The summed E-state index contributed by atoms with van der Waals surface area (Å²) in [5.41, 5.74) is 2.46. The smallest absolute Gasteiger partial charge is 0.191 e. The molecule has 4 rings (SSSR count). The summed E-state index contributed by atoms with van der Waals surface area (Å²) >= 11 is 0. The van der Waals surface area contributed by atoms with E-state index in [1.165, 1.54) is 30.5 Å². The fourth-order valence-corrected chi connectivity index (χ4v) is 4.46. The third-order valence-corrected chi connectivity index (χ3v) is 6.24. The summed E-state index contributed by atoms with van der Waals surface area (Å²) in [6.45, 7) is 10.1. The lowest BCUT2D eigenvalue weighted by Gasteiger charge is -2.33. The molecular weight excluding hydrogens is 402 g/mol. The zero-order valence-corrected chi connectivity index (χ0v) is 19.3. The van der Waals surface area contributed by atoms with E-state index in [0.29, 0.717) is 6.54 Å². The number of nitrogens with one attached hydrogen (secondary N) is 2. The molecule has 1 aromatic heterocycles. The van der Waals surface area contributed by atoms with Gasteiger partial charge in [0.2, 0.25) is 0 Å². The molecule has 2 N–H and O–H groups in total. The summed E-state index contributed by atoms with van der Waals surface area (Å²) in [5, 5.41) is 6.94. The third-order valence-electron chi connectivity index (χ3n) is 6.24. The minimum atomic E-state index is 0.224. The van der Waals surface area contributed by atoms with Crippen LogP contribution in [0.3, 0.4) is 0 Å². The van der Waals surface area contributed by atoms with Crippen LogP contribution < -0.4 is 15.5 Å². The predicted octanol–water partition coefficient (Wildman–Crippen LogP) is 3.40. The first-order valence-corrected chi connectivity index (χ1v) is 12.0. The molecule has 2 aliphatic heterocycles. The number of hydrogen-bond acceptors (Lipinski definition) is 5. The van der Waals surface area contributed by atoms with Gasteiger partial charge in [0.15, 0.2) is 5.96 Å². The Labute approximate surface area is 191 Å². The molecule has 0 radical (unpaired) electrons. The summed E-state index contributed by atoms with van der Waals surface area (Å²) < 4.78 is 11.2. The summed E-state index contributed by atoms with van der Waals surface area (Å²) in [4.78, 5) is 9.74. The van der Waals surface area contributed by atoms with Gasteiger partial charge >= 0.3 is 0 Å². The van der Waals surface area contributed by atoms with Gasteiger partial charge in [0.25, 0.3) is 0 Å². The Morgan fingerprint density at radius 3 is 2.47 bits per heavy atom. The molecule has 1 atom stereocenters. The third kappa shape index (κ3) is 6.26. The van der Waals surface area contributed by atoms with Gasteiger partial charge in [-0.15, -0.1) is 0 Å². The molecular formula is C25H37N5O2. The molecule has 1 unspecified atom stereocenters. The standard InChI is InChI=1S/C25H37N5O2/c1-2-26-25(27-19-21-8-10-22(11-9-21)29-14-17-31-18-15-29)28-20-23(24-7-6-16-32-24)30-12-4-3-5-13-30/h6-11,16,23H,2-5,12-15,17-20H2,1H3,(H2,26,27,28). The van der Waals surface area contributed by atoms with E-state index in [9.17, 15) is 0 Å². The van der Waals surface area contributed by atoms with Gasteiger partial charge in [-0.2, -0.15) is 0 Å². The highest BCUT2D eigenvalue weighted by atomic mass is 16.5. The molecule has 32 heavy (non-hydrogen) atoms. The molecule has 7 heteroatoms. The van der Waals surface area contributed by atoms with Crippen molar-refractivity contribution in [3.63, 3.8) is 0 Å². The summed E-state index contributed by atoms with van der Waals surface area (Å²) in [6, 6.07) is 13.0. The van der Waals surface area contributed by atoms with Crippen LogP contribution in [0.15, 0.2) is 52.1 Å². The van der Waals surface area contributed by atoms with Crippen molar-refractivity contribution in [2.24, 2.45) is 4.99 Å². The van der Waals surface area contributed by atoms with E-state index < -0.39 is 0 Å². The number of guanidine groups is 1. The molecule has 0 bridgehead atoms. The number of ether oxygens (including phenoxy) is 1. The lowest BCUT2D eigenvalue weighted by Crippen LogP contribution is -2.44. The highest BCUT2D eigenvalue weighted by Gasteiger charge is 2.24. The molecule has 7 nitrogen and oxygen atoms in total. The first kappa shape index (κ1) is 22.7. The molecule has 3 heterocycles. The van der Waals surface area contributed by atoms with Crippen LogP contribution in [0.25, 0.3) is 0 Å². The average molecular weight is 440 g/mol. The largest absolute Gasteiger partial charge is 0.468 e. The fourth-order valence-electron chi connectivity index (χ4n) is 4.46. The first-order chi connectivity index (χ1) is 15.8. The number of likely N-dealkylation sites (tertiary alicyclic amines) is 1. The molecule has 2 fully saturated rings. The maximum absolute atomic E-state index is 5.78. The van der Waals surface area contributed by atoms with Gasteiger partial charge in [0.05, 0.1) is 32.1 Å². The van der Waals surface area contributed by atoms with Crippen LogP contribution in [0.2, 0.25) is 0 Å². The molecule has 0 amide bonds. The average Bonchev–Trinajstić information content (AvgIpc) is 3.39. The van der Waals surface area contributed by atoms with Crippen LogP contribution in [0.1, 0.15) is 43.6 Å². The Kier molecular flexibility index (Phi) is 8.45. The van der Waals surface area contributed by atoms with Crippen molar-refractivity contribution >= 4 is 11.6 Å². The highest BCUT2D eigenvalue weighted by Crippen LogP contribution is 2.24. The summed E-state index contributed by atoms with van der Waals surface area (Å²) in [6.07, 6.45) is 5.60. The summed E-state index contributed by atoms with van der Waals surface area (Å²) in [7, 11) is 0. The maximum atomic E-state index is 5.78. The van der Waals surface area contributed by atoms with Gasteiger partial charge in [0, 0.05) is 31.9 Å². The normalized spacial score (nSPS) is 19.0. The number of rotatable bonds is 8. The van der Waals surface area contributed by atoms with E-state index in [1.807, 2.05) is 6.07 Å². The van der Waals surface area contributed by atoms with Crippen LogP contribution in [0, 0.1) is 0 Å². The first-order valence-electron chi connectivity index (χ1n) is 12.0. The fraction of sp³-hybridized carbons (Fsp3) is 0.560. The number of piperidine rings is 1. The van der Waals surface area contributed by atoms with Gasteiger partial charge in [0.1, 0.15) is 5.76 Å². The molecule has 2 aliphatic rings. The number of morpholine rings is 1. The Hall–Kier alpha value is -2.51. The zero-order chi connectivity index (χ0) is 22.0. The molecule has 0 spiro atoms. The quantitative estimate of drug-likeness (QED) is 0.486. The number of aliphatic imine (C=N–C) groups is 1. The number of anilines is 1. The van der Waals surface area contributed by atoms with Crippen LogP contribution in [-0.4, -0.2) is 63.3 Å². The molecule has 2 saturated heterocycles. The number of nitrogens with zero attached hydrogens (tertiary/aromatic N) is 3. The number of furan rings is 1. The molecule has 0 aliphatic carbocycles. The predicted molar refractivity (Wildman–Crippen MR) is 129 cm³/mol.